The summed E-state index contributed by atoms with van der Waals surface area (Å²) in [5.41, 5.74) is 0.843. The zero-order valence-electron chi connectivity index (χ0n) is 8.09. The second kappa shape index (κ2) is 4.33. The molecule has 0 amide bonds. The number of aromatic amines is 1. The van der Waals surface area contributed by atoms with Gasteiger partial charge in [0.25, 0.3) is 0 Å². The topological polar surface area (TPSA) is 41.6 Å². The Morgan fingerprint density at radius 2 is 2.27 bits per heavy atom. The van der Waals surface area contributed by atoms with E-state index in [1.807, 2.05) is 25.1 Å². The van der Waals surface area contributed by atoms with Crippen molar-refractivity contribution in [2.24, 2.45) is 0 Å². The van der Waals surface area contributed by atoms with Crippen molar-refractivity contribution in [3.05, 3.63) is 33.5 Å². The van der Waals surface area contributed by atoms with Gasteiger partial charge in [-0.05, 0) is 18.2 Å². The van der Waals surface area contributed by atoms with E-state index in [2.05, 4.69) is 31.1 Å². The molecule has 0 unspecified atom stereocenters. The van der Waals surface area contributed by atoms with Crippen LogP contribution in [0.25, 0.3) is 11.4 Å². The van der Waals surface area contributed by atoms with Crippen LogP contribution in [-0.4, -0.2) is 15.2 Å². The van der Waals surface area contributed by atoms with Gasteiger partial charge in [0.1, 0.15) is 5.82 Å². The highest BCUT2D eigenvalue weighted by Gasteiger charge is 2.08. The van der Waals surface area contributed by atoms with Gasteiger partial charge in [-0.15, -0.1) is 0 Å². The Kier molecular flexibility index (Phi) is 3.07. The van der Waals surface area contributed by atoms with Gasteiger partial charge in [0.15, 0.2) is 5.82 Å². The van der Waals surface area contributed by atoms with Crippen LogP contribution in [0.5, 0.6) is 0 Å². The fraction of sp³-hybridized carbons (Fsp3) is 0.200. The summed E-state index contributed by atoms with van der Waals surface area (Å²) in [6.07, 6.45) is 0.834. The summed E-state index contributed by atoms with van der Waals surface area (Å²) in [7, 11) is 0. The Morgan fingerprint density at radius 3 is 2.87 bits per heavy atom. The normalized spacial score (nSPS) is 10.6. The van der Waals surface area contributed by atoms with Crippen molar-refractivity contribution in [1.29, 1.82) is 0 Å². The molecule has 78 valence electrons. The third-order valence-electron chi connectivity index (χ3n) is 2.04. The van der Waals surface area contributed by atoms with Gasteiger partial charge in [0.05, 0.1) is 5.02 Å². The fourth-order valence-electron chi connectivity index (χ4n) is 1.24. The number of hydrogen-bond donors (Lipinski definition) is 1. The predicted octanol–water partition coefficient (Wildman–Crippen LogP) is 3.45. The summed E-state index contributed by atoms with van der Waals surface area (Å²) in [5.74, 6) is 1.51. The lowest BCUT2D eigenvalue weighted by Crippen LogP contribution is -1.83. The molecule has 0 fully saturated rings. The highest BCUT2D eigenvalue weighted by atomic mass is 79.9. The number of nitrogens with one attached hydrogen (secondary N) is 1. The molecule has 0 saturated carbocycles. The van der Waals surface area contributed by atoms with Gasteiger partial charge >= 0.3 is 0 Å². The molecule has 15 heavy (non-hydrogen) atoms. The first-order chi connectivity index (χ1) is 7.20. The van der Waals surface area contributed by atoms with E-state index in [9.17, 15) is 0 Å². The lowest BCUT2D eigenvalue weighted by molar-refractivity contribution is 0.946. The van der Waals surface area contributed by atoms with Crippen molar-refractivity contribution in [2.75, 3.05) is 0 Å². The molecular weight excluding hydrogens is 277 g/mol. The van der Waals surface area contributed by atoms with Crippen LogP contribution in [0.15, 0.2) is 22.7 Å². The number of hydrogen-bond acceptors (Lipinski definition) is 2. The van der Waals surface area contributed by atoms with E-state index in [1.54, 1.807) is 0 Å². The van der Waals surface area contributed by atoms with Crippen molar-refractivity contribution >= 4 is 27.5 Å². The zero-order valence-corrected chi connectivity index (χ0v) is 10.4. The summed E-state index contributed by atoms with van der Waals surface area (Å²) in [6.45, 7) is 2.02. The van der Waals surface area contributed by atoms with Gasteiger partial charge in [0, 0.05) is 16.5 Å². The number of aryl methyl sites for hydroxylation is 1. The molecule has 0 aliphatic carbocycles. The third-order valence-corrected chi connectivity index (χ3v) is 2.84. The SMILES string of the molecule is CCc1nc(-c2ccc(Br)cc2Cl)n[nH]1. The number of H-pyrrole nitrogens is 1. The van der Waals surface area contributed by atoms with E-state index in [0.29, 0.717) is 10.8 Å². The molecule has 1 heterocycles. The molecule has 0 aliphatic rings. The summed E-state index contributed by atoms with van der Waals surface area (Å²) < 4.78 is 0.947. The lowest BCUT2D eigenvalue weighted by atomic mass is 10.2. The van der Waals surface area contributed by atoms with E-state index in [4.69, 9.17) is 11.6 Å². The van der Waals surface area contributed by atoms with Crippen LogP contribution in [0.1, 0.15) is 12.7 Å². The molecule has 0 bridgehead atoms. The molecule has 5 heteroatoms. The lowest BCUT2D eigenvalue weighted by Gasteiger charge is -1.99. The quantitative estimate of drug-likeness (QED) is 0.918. The van der Waals surface area contributed by atoms with Crippen molar-refractivity contribution in [1.82, 2.24) is 15.2 Å². The molecule has 0 aliphatic heterocycles. The molecule has 0 atom stereocenters. The molecule has 0 radical (unpaired) electrons. The van der Waals surface area contributed by atoms with E-state index in [1.165, 1.54) is 0 Å². The average Bonchev–Trinajstić information content (AvgIpc) is 2.66. The van der Waals surface area contributed by atoms with Crippen molar-refractivity contribution in [3.8, 4) is 11.4 Å². The second-order valence-corrected chi connectivity index (χ2v) is 4.41. The first-order valence-electron chi connectivity index (χ1n) is 4.57. The Morgan fingerprint density at radius 1 is 1.47 bits per heavy atom. The Labute approximate surface area is 101 Å². The molecule has 0 saturated heterocycles. The van der Waals surface area contributed by atoms with Crippen LogP contribution < -0.4 is 0 Å². The van der Waals surface area contributed by atoms with Crippen molar-refractivity contribution < 1.29 is 0 Å². The predicted molar refractivity (Wildman–Crippen MR) is 63.9 cm³/mol. The number of rotatable bonds is 2. The Hall–Kier alpha value is -0.870. The first-order valence-corrected chi connectivity index (χ1v) is 5.74. The largest absolute Gasteiger partial charge is 0.263 e. The zero-order chi connectivity index (χ0) is 10.8. The molecule has 1 N–H and O–H groups in total. The van der Waals surface area contributed by atoms with Crippen LogP contribution in [0.2, 0.25) is 5.02 Å². The maximum absolute atomic E-state index is 6.09. The van der Waals surface area contributed by atoms with E-state index in [0.717, 1.165) is 22.3 Å². The van der Waals surface area contributed by atoms with Gasteiger partial charge in [-0.3, -0.25) is 5.10 Å². The molecule has 3 nitrogen and oxygen atoms in total. The maximum Gasteiger partial charge on any atom is 0.182 e. The van der Waals surface area contributed by atoms with E-state index >= 15 is 0 Å². The third kappa shape index (κ3) is 2.21. The molecule has 0 spiro atoms. The van der Waals surface area contributed by atoms with E-state index in [-0.39, 0.29) is 0 Å². The van der Waals surface area contributed by atoms with Gasteiger partial charge in [-0.1, -0.05) is 34.5 Å². The minimum Gasteiger partial charge on any atom is -0.263 e. The molecule has 2 rings (SSSR count). The molecule has 1 aromatic heterocycles. The fourth-order valence-corrected chi connectivity index (χ4v) is 2.00. The van der Waals surface area contributed by atoms with Gasteiger partial charge < -0.3 is 0 Å². The van der Waals surface area contributed by atoms with Crippen LogP contribution >= 0.6 is 27.5 Å². The average molecular weight is 287 g/mol. The standard InChI is InChI=1S/C10H9BrClN3/c1-2-9-13-10(15-14-9)7-4-3-6(11)5-8(7)12/h3-5H,2H2,1H3,(H,13,14,15). The number of nitrogens with zero attached hydrogens (tertiary/aromatic N) is 2. The molecule has 1 aromatic carbocycles. The highest BCUT2D eigenvalue weighted by molar-refractivity contribution is 9.10. The van der Waals surface area contributed by atoms with Gasteiger partial charge in [-0.25, -0.2) is 4.98 Å². The summed E-state index contributed by atoms with van der Waals surface area (Å²) in [5, 5.41) is 7.62. The molecular formula is C10H9BrClN3. The Balaban J connectivity index is 2.44. The minimum absolute atomic E-state index is 0.643. The smallest absolute Gasteiger partial charge is 0.182 e. The summed E-state index contributed by atoms with van der Waals surface area (Å²) >= 11 is 9.45. The van der Waals surface area contributed by atoms with Crippen LogP contribution in [-0.2, 0) is 6.42 Å². The molecule has 2 aromatic rings. The summed E-state index contributed by atoms with van der Waals surface area (Å²) in [6, 6.07) is 5.65. The first kappa shape index (κ1) is 10.6. The second-order valence-electron chi connectivity index (χ2n) is 3.08. The summed E-state index contributed by atoms with van der Waals surface area (Å²) in [4.78, 5) is 4.32. The number of aromatic nitrogens is 3. The van der Waals surface area contributed by atoms with Gasteiger partial charge in [-0.2, -0.15) is 5.10 Å². The van der Waals surface area contributed by atoms with Crippen LogP contribution in [0, 0.1) is 0 Å². The van der Waals surface area contributed by atoms with Crippen LogP contribution in [0.4, 0.5) is 0 Å². The van der Waals surface area contributed by atoms with Gasteiger partial charge in [0.2, 0.25) is 0 Å². The Bertz CT molecular complexity index is 481. The number of benzene rings is 1. The maximum atomic E-state index is 6.09. The number of halogens is 2. The van der Waals surface area contributed by atoms with Crippen molar-refractivity contribution in [3.63, 3.8) is 0 Å². The monoisotopic (exact) mass is 285 g/mol. The highest BCUT2D eigenvalue weighted by Crippen LogP contribution is 2.27. The minimum atomic E-state index is 0.643. The van der Waals surface area contributed by atoms with E-state index < -0.39 is 0 Å². The van der Waals surface area contributed by atoms with Crippen molar-refractivity contribution in [2.45, 2.75) is 13.3 Å². The van der Waals surface area contributed by atoms with Crippen LogP contribution in [0.3, 0.4) is 0 Å².